The number of rotatable bonds is 5. The monoisotopic (exact) mass is 378 g/mol. The van der Waals surface area contributed by atoms with Crippen LogP contribution in [0.1, 0.15) is 21.5 Å². The molecule has 0 unspecified atom stereocenters. The molecule has 0 spiro atoms. The second-order valence-corrected chi connectivity index (χ2v) is 7.02. The van der Waals surface area contributed by atoms with Crippen LogP contribution in [0.4, 0.5) is 0 Å². The standard InChI is InChI=1S/C27H22O2/c1-19-9-7-10-20(17-19)23-13-3-5-15-25(23)27(28)26-16-6-4-14-24(26)21-11-8-12-22(18-21)29-2/h3-18H,1-2H3. The summed E-state index contributed by atoms with van der Waals surface area (Å²) in [5, 5.41) is 0. The van der Waals surface area contributed by atoms with Gasteiger partial charge < -0.3 is 4.74 Å². The molecule has 2 heteroatoms. The summed E-state index contributed by atoms with van der Waals surface area (Å²) in [4.78, 5) is 13.6. The number of carbonyl (C=O) groups is 1. The van der Waals surface area contributed by atoms with Gasteiger partial charge in [-0.2, -0.15) is 0 Å². The highest BCUT2D eigenvalue weighted by molar-refractivity contribution is 6.16. The number of ketones is 1. The highest BCUT2D eigenvalue weighted by atomic mass is 16.5. The van der Waals surface area contributed by atoms with E-state index < -0.39 is 0 Å². The third-order valence-electron chi connectivity index (χ3n) is 5.05. The lowest BCUT2D eigenvalue weighted by Crippen LogP contribution is -2.05. The second-order valence-electron chi connectivity index (χ2n) is 7.02. The van der Waals surface area contributed by atoms with Crippen molar-refractivity contribution in [3.63, 3.8) is 0 Å². The summed E-state index contributed by atoms with van der Waals surface area (Å²) in [6, 6.07) is 31.6. The van der Waals surface area contributed by atoms with Crippen molar-refractivity contribution in [2.45, 2.75) is 6.92 Å². The fourth-order valence-corrected chi connectivity index (χ4v) is 3.61. The molecule has 0 saturated heterocycles. The first kappa shape index (κ1) is 18.7. The second kappa shape index (κ2) is 8.15. The van der Waals surface area contributed by atoms with Gasteiger partial charge in [0.2, 0.25) is 0 Å². The van der Waals surface area contributed by atoms with Gasteiger partial charge in [0.1, 0.15) is 5.75 Å². The molecule has 0 heterocycles. The van der Waals surface area contributed by atoms with Gasteiger partial charge in [-0.1, -0.05) is 90.5 Å². The van der Waals surface area contributed by atoms with Crippen LogP contribution in [0.25, 0.3) is 22.3 Å². The number of aryl methyl sites for hydroxylation is 1. The number of methoxy groups -OCH3 is 1. The van der Waals surface area contributed by atoms with Crippen molar-refractivity contribution in [3.05, 3.63) is 114 Å². The van der Waals surface area contributed by atoms with E-state index in [4.69, 9.17) is 4.74 Å². The van der Waals surface area contributed by atoms with E-state index in [0.717, 1.165) is 28.0 Å². The number of hydrogen-bond acceptors (Lipinski definition) is 2. The first-order chi connectivity index (χ1) is 14.2. The van der Waals surface area contributed by atoms with Crippen molar-refractivity contribution in [2.75, 3.05) is 7.11 Å². The van der Waals surface area contributed by atoms with Gasteiger partial charge in [0.05, 0.1) is 7.11 Å². The SMILES string of the molecule is COc1cccc(-c2ccccc2C(=O)c2ccccc2-c2cccc(C)c2)c1. The molecule has 4 rings (SSSR count). The van der Waals surface area contributed by atoms with E-state index in [1.807, 2.05) is 84.9 Å². The molecule has 0 N–H and O–H groups in total. The molecular formula is C27H22O2. The van der Waals surface area contributed by atoms with Gasteiger partial charge in [-0.05, 0) is 41.3 Å². The number of ether oxygens (including phenoxy) is 1. The van der Waals surface area contributed by atoms with Crippen LogP contribution in [-0.2, 0) is 0 Å². The molecule has 0 bridgehead atoms. The molecule has 4 aromatic carbocycles. The topological polar surface area (TPSA) is 26.3 Å². The lowest BCUT2D eigenvalue weighted by molar-refractivity contribution is 0.104. The van der Waals surface area contributed by atoms with E-state index >= 15 is 0 Å². The molecule has 0 radical (unpaired) electrons. The molecule has 29 heavy (non-hydrogen) atoms. The summed E-state index contributed by atoms with van der Waals surface area (Å²) in [6.07, 6.45) is 0. The molecule has 0 fully saturated rings. The van der Waals surface area contributed by atoms with Crippen LogP contribution in [0.3, 0.4) is 0 Å². The van der Waals surface area contributed by atoms with E-state index in [1.165, 1.54) is 5.56 Å². The van der Waals surface area contributed by atoms with Crippen LogP contribution >= 0.6 is 0 Å². The van der Waals surface area contributed by atoms with Gasteiger partial charge in [-0.3, -0.25) is 4.79 Å². The minimum Gasteiger partial charge on any atom is -0.497 e. The molecule has 0 atom stereocenters. The maximum Gasteiger partial charge on any atom is 0.194 e. The Morgan fingerprint density at radius 3 is 1.79 bits per heavy atom. The maximum atomic E-state index is 13.6. The Hall–Kier alpha value is -3.65. The van der Waals surface area contributed by atoms with Crippen molar-refractivity contribution in [1.29, 1.82) is 0 Å². The van der Waals surface area contributed by atoms with Crippen LogP contribution in [0, 0.1) is 6.92 Å². The van der Waals surface area contributed by atoms with Crippen molar-refractivity contribution < 1.29 is 9.53 Å². The molecule has 0 saturated carbocycles. The van der Waals surface area contributed by atoms with Crippen LogP contribution in [0.2, 0.25) is 0 Å². The van der Waals surface area contributed by atoms with Gasteiger partial charge in [0, 0.05) is 11.1 Å². The fraction of sp³-hybridized carbons (Fsp3) is 0.0741. The summed E-state index contributed by atoms with van der Waals surface area (Å²) in [5.41, 5.74) is 6.40. The van der Waals surface area contributed by atoms with Gasteiger partial charge in [0.15, 0.2) is 5.78 Å². The smallest absolute Gasteiger partial charge is 0.194 e. The van der Waals surface area contributed by atoms with Crippen molar-refractivity contribution in [1.82, 2.24) is 0 Å². The summed E-state index contributed by atoms with van der Waals surface area (Å²) in [7, 11) is 1.65. The van der Waals surface area contributed by atoms with Gasteiger partial charge in [-0.25, -0.2) is 0 Å². The summed E-state index contributed by atoms with van der Waals surface area (Å²) in [6.45, 7) is 2.06. The predicted molar refractivity (Wildman–Crippen MR) is 118 cm³/mol. The highest BCUT2D eigenvalue weighted by Crippen LogP contribution is 2.31. The van der Waals surface area contributed by atoms with Crippen LogP contribution in [0.15, 0.2) is 97.1 Å². The van der Waals surface area contributed by atoms with Gasteiger partial charge in [0.25, 0.3) is 0 Å². The third-order valence-corrected chi connectivity index (χ3v) is 5.05. The van der Waals surface area contributed by atoms with Crippen molar-refractivity contribution in [2.24, 2.45) is 0 Å². The van der Waals surface area contributed by atoms with Crippen LogP contribution < -0.4 is 4.74 Å². The maximum absolute atomic E-state index is 13.6. The average molecular weight is 378 g/mol. The fourth-order valence-electron chi connectivity index (χ4n) is 3.61. The largest absolute Gasteiger partial charge is 0.497 e. The molecule has 2 nitrogen and oxygen atoms in total. The molecule has 0 aliphatic carbocycles. The summed E-state index contributed by atoms with van der Waals surface area (Å²) < 4.78 is 5.36. The normalized spacial score (nSPS) is 10.6. The van der Waals surface area contributed by atoms with Gasteiger partial charge >= 0.3 is 0 Å². The Kier molecular flexibility index (Phi) is 5.26. The Bertz CT molecular complexity index is 1170. The Morgan fingerprint density at radius 1 is 0.655 bits per heavy atom. The van der Waals surface area contributed by atoms with Crippen molar-refractivity contribution in [3.8, 4) is 28.0 Å². The van der Waals surface area contributed by atoms with Gasteiger partial charge in [-0.15, -0.1) is 0 Å². The molecule has 0 aromatic heterocycles. The molecule has 0 aliphatic rings. The highest BCUT2D eigenvalue weighted by Gasteiger charge is 2.18. The average Bonchev–Trinajstić information content (AvgIpc) is 2.78. The zero-order valence-corrected chi connectivity index (χ0v) is 16.6. The number of carbonyl (C=O) groups excluding carboxylic acids is 1. The Labute approximate surface area is 171 Å². The summed E-state index contributed by atoms with van der Waals surface area (Å²) >= 11 is 0. The molecular weight excluding hydrogens is 356 g/mol. The summed E-state index contributed by atoms with van der Waals surface area (Å²) in [5.74, 6) is 0.783. The quantitative estimate of drug-likeness (QED) is 0.367. The molecule has 0 amide bonds. The van der Waals surface area contributed by atoms with E-state index in [9.17, 15) is 4.79 Å². The van der Waals surface area contributed by atoms with E-state index in [0.29, 0.717) is 11.1 Å². The van der Waals surface area contributed by atoms with Crippen LogP contribution in [0.5, 0.6) is 5.75 Å². The van der Waals surface area contributed by atoms with Crippen LogP contribution in [-0.4, -0.2) is 12.9 Å². The zero-order chi connectivity index (χ0) is 20.2. The zero-order valence-electron chi connectivity index (χ0n) is 16.6. The molecule has 142 valence electrons. The van der Waals surface area contributed by atoms with E-state index in [-0.39, 0.29) is 5.78 Å². The minimum atomic E-state index is 0.0144. The van der Waals surface area contributed by atoms with Crippen molar-refractivity contribution >= 4 is 5.78 Å². The third kappa shape index (κ3) is 3.83. The minimum absolute atomic E-state index is 0.0144. The lowest BCUT2D eigenvalue weighted by atomic mass is 9.89. The first-order valence-corrected chi connectivity index (χ1v) is 9.61. The molecule has 0 aliphatic heterocycles. The number of benzene rings is 4. The Morgan fingerprint density at radius 2 is 1.21 bits per heavy atom. The van der Waals surface area contributed by atoms with E-state index in [2.05, 4.69) is 19.1 Å². The van der Waals surface area contributed by atoms with E-state index in [1.54, 1.807) is 7.11 Å². The number of hydrogen-bond donors (Lipinski definition) is 0. The lowest BCUT2D eigenvalue weighted by Gasteiger charge is -2.13. The first-order valence-electron chi connectivity index (χ1n) is 9.61. The Balaban J connectivity index is 1.83. The molecule has 4 aromatic rings. The predicted octanol–water partition coefficient (Wildman–Crippen LogP) is 6.57.